The Morgan fingerprint density at radius 1 is 1.35 bits per heavy atom. The van der Waals surface area contributed by atoms with Crippen LogP contribution in [0, 0.1) is 0 Å². The fourth-order valence-electron chi connectivity index (χ4n) is 2.05. The first-order valence-corrected chi connectivity index (χ1v) is 7.33. The number of sulfone groups is 1. The fourth-order valence-corrected chi connectivity index (χ4v) is 3.45. The van der Waals surface area contributed by atoms with Crippen molar-refractivity contribution in [3.05, 3.63) is 17.0 Å². The number of rotatable bonds is 1. The van der Waals surface area contributed by atoms with Gasteiger partial charge in [-0.25, -0.2) is 8.42 Å². The van der Waals surface area contributed by atoms with Crippen LogP contribution in [0.1, 0.15) is 42.5 Å². The van der Waals surface area contributed by atoms with Crippen LogP contribution in [0.2, 0.25) is 0 Å². The van der Waals surface area contributed by atoms with Crippen molar-refractivity contribution in [1.82, 2.24) is 9.78 Å². The van der Waals surface area contributed by atoms with E-state index in [1.807, 2.05) is 20.8 Å². The van der Waals surface area contributed by atoms with Crippen LogP contribution < -0.4 is 0 Å². The molecule has 0 aromatic carbocycles. The van der Waals surface area contributed by atoms with Crippen LogP contribution in [0.25, 0.3) is 0 Å². The van der Waals surface area contributed by atoms with Crippen LogP contribution in [0.15, 0.2) is 0 Å². The Morgan fingerprint density at radius 3 is 2.53 bits per heavy atom. The van der Waals surface area contributed by atoms with Crippen LogP contribution in [0.5, 0.6) is 0 Å². The van der Waals surface area contributed by atoms with Crippen molar-refractivity contribution in [3.8, 4) is 0 Å². The third-order valence-electron chi connectivity index (χ3n) is 2.87. The summed E-state index contributed by atoms with van der Waals surface area (Å²) >= 11 is 0. The third kappa shape index (κ3) is 2.13. The minimum Gasteiger partial charge on any atom is -0.296 e. The Hall–Kier alpha value is -1.17. The summed E-state index contributed by atoms with van der Waals surface area (Å²) in [6, 6.07) is 0. The summed E-state index contributed by atoms with van der Waals surface area (Å²) in [5, 5.41) is 4.38. The molecule has 94 valence electrons. The topological polar surface area (TPSA) is 69.0 Å². The van der Waals surface area contributed by atoms with E-state index in [0.29, 0.717) is 24.0 Å². The van der Waals surface area contributed by atoms with Gasteiger partial charge in [-0.15, -0.1) is 0 Å². The highest BCUT2D eigenvalue weighted by Gasteiger charge is 2.31. The van der Waals surface area contributed by atoms with Gasteiger partial charge < -0.3 is 0 Å². The molecule has 1 aromatic rings. The summed E-state index contributed by atoms with van der Waals surface area (Å²) in [7, 11) is -3.07. The van der Waals surface area contributed by atoms with E-state index in [0.717, 1.165) is 5.69 Å². The van der Waals surface area contributed by atoms with Crippen molar-refractivity contribution in [2.75, 3.05) is 5.75 Å². The highest BCUT2D eigenvalue weighted by atomic mass is 32.2. The van der Waals surface area contributed by atoms with E-state index in [4.69, 9.17) is 0 Å². The second-order valence-electron chi connectivity index (χ2n) is 5.35. The molecule has 0 saturated heterocycles. The lowest BCUT2D eigenvalue weighted by Gasteiger charge is -2.20. The van der Waals surface area contributed by atoms with Gasteiger partial charge >= 0.3 is 0 Å². The van der Waals surface area contributed by atoms with Gasteiger partial charge in [0.2, 0.25) is 0 Å². The van der Waals surface area contributed by atoms with Crippen LogP contribution >= 0.6 is 0 Å². The van der Waals surface area contributed by atoms with Crippen molar-refractivity contribution in [2.24, 2.45) is 0 Å². The van der Waals surface area contributed by atoms with Crippen LogP contribution in [-0.4, -0.2) is 30.2 Å². The van der Waals surface area contributed by atoms with Gasteiger partial charge in [0.15, 0.2) is 16.1 Å². The molecular formula is C11H16N2O3S. The SMILES string of the molecule is CC(C)(C)n1nc2c(c1C=O)CS(=O)(=O)CC2. The van der Waals surface area contributed by atoms with Crippen LogP contribution in [0.3, 0.4) is 0 Å². The minimum atomic E-state index is -3.07. The van der Waals surface area contributed by atoms with E-state index < -0.39 is 9.84 Å². The fraction of sp³-hybridized carbons (Fsp3) is 0.636. The van der Waals surface area contributed by atoms with E-state index in [-0.39, 0.29) is 17.0 Å². The maximum absolute atomic E-state index is 11.6. The quantitative estimate of drug-likeness (QED) is 0.701. The minimum absolute atomic E-state index is 0.0630. The molecule has 2 rings (SSSR count). The first-order valence-electron chi connectivity index (χ1n) is 5.51. The highest BCUT2D eigenvalue weighted by molar-refractivity contribution is 7.90. The molecule has 0 fully saturated rings. The largest absolute Gasteiger partial charge is 0.296 e. The predicted molar refractivity (Wildman–Crippen MR) is 63.8 cm³/mol. The van der Waals surface area contributed by atoms with Crippen LogP contribution in [0.4, 0.5) is 0 Å². The monoisotopic (exact) mass is 256 g/mol. The normalized spacial score (nSPS) is 18.8. The van der Waals surface area contributed by atoms with E-state index >= 15 is 0 Å². The number of aromatic nitrogens is 2. The molecule has 2 heterocycles. The smallest absolute Gasteiger partial charge is 0.168 e. The molecule has 0 N–H and O–H groups in total. The summed E-state index contributed by atoms with van der Waals surface area (Å²) in [6.07, 6.45) is 1.11. The summed E-state index contributed by atoms with van der Waals surface area (Å²) in [5.41, 5.74) is 1.41. The molecule has 5 nitrogen and oxygen atoms in total. The van der Waals surface area contributed by atoms with Crippen LogP contribution in [-0.2, 0) is 27.5 Å². The average molecular weight is 256 g/mol. The molecule has 0 bridgehead atoms. The van der Waals surface area contributed by atoms with Gasteiger partial charge in [0.1, 0.15) is 5.69 Å². The number of aryl methyl sites for hydroxylation is 1. The van der Waals surface area contributed by atoms with Crippen molar-refractivity contribution in [3.63, 3.8) is 0 Å². The molecule has 1 aliphatic rings. The number of fused-ring (bicyclic) bond motifs is 1. The first kappa shape index (κ1) is 12.3. The summed E-state index contributed by atoms with van der Waals surface area (Å²) in [4.78, 5) is 11.2. The zero-order chi connectivity index (χ0) is 12.8. The Balaban J connectivity index is 2.63. The second kappa shape index (κ2) is 3.66. The molecule has 0 atom stereocenters. The Kier molecular flexibility index (Phi) is 2.65. The lowest BCUT2D eigenvalue weighted by atomic mass is 10.1. The first-order chi connectivity index (χ1) is 7.74. The number of aldehydes is 1. The standard InChI is InChI=1S/C11H16N2O3S/c1-11(2,3)13-10(6-14)8-7-17(15,16)5-4-9(8)12-13/h6H,4-5,7H2,1-3H3. The lowest BCUT2D eigenvalue weighted by Crippen LogP contribution is -2.25. The summed E-state index contributed by atoms with van der Waals surface area (Å²) in [6.45, 7) is 5.81. The summed E-state index contributed by atoms with van der Waals surface area (Å²) < 4.78 is 24.8. The van der Waals surface area contributed by atoms with E-state index in [2.05, 4.69) is 5.10 Å². The molecule has 1 aromatic heterocycles. The number of hydrogen-bond acceptors (Lipinski definition) is 4. The molecule has 0 saturated carbocycles. The van der Waals surface area contributed by atoms with Crippen molar-refractivity contribution in [2.45, 2.75) is 38.5 Å². The lowest BCUT2D eigenvalue weighted by molar-refractivity contribution is 0.110. The molecule has 6 heteroatoms. The Labute approximate surface area is 101 Å². The number of hydrogen-bond donors (Lipinski definition) is 0. The van der Waals surface area contributed by atoms with Gasteiger partial charge in [-0.05, 0) is 20.8 Å². The molecule has 0 radical (unpaired) electrons. The van der Waals surface area contributed by atoms with E-state index in [1.165, 1.54) is 0 Å². The Morgan fingerprint density at radius 2 is 2.00 bits per heavy atom. The van der Waals surface area contributed by atoms with E-state index in [1.54, 1.807) is 4.68 Å². The maximum atomic E-state index is 11.6. The van der Waals surface area contributed by atoms with Gasteiger partial charge in [-0.2, -0.15) is 5.10 Å². The third-order valence-corrected chi connectivity index (χ3v) is 4.42. The molecule has 0 spiro atoms. The van der Waals surface area contributed by atoms with Gasteiger partial charge in [0, 0.05) is 12.0 Å². The van der Waals surface area contributed by atoms with Gasteiger partial charge in [0.05, 0.1) is 22.7 Å². The predicted octanol–water partition coefficient (Wildman–Crippen LogP) is 0.921. The zero-order valence-corrected chi connectivity index (χ0v) is 11.0. The molecule has 0 aliphatic carbocycles. The maximum Gasteiger partial charge on any atom is 0.168 e. The van der Waals surface area contributed by atoms with Gasteiger partial charge in [-0.1, -0.05) is 0 Å². The molecule has 1 aliphatic heterocycles. The molecule has 17 heavy (non-hydrogen) atoms. The zero-order valence-electron chi connectivity index (χ0n) is 10.2. The highest BCUT2D eigenvalue weighted by Crippen LogP contribution is 2.26. The number of carbonyl (C=O) groups excluding carboxylic acids is 1. The van der Waals surface area contributed by atoms with Crippen molar-refractivity contribution < 1.29 is 13.2 Å². The van der Waals surface area contributed by atoms with Gasteiger partial charge in [0.25, 0.3) is 0 Å². The number of carbonyl (C=O) groups is 1. The van der Waals surface area contributed by atoms with Crippen molar-refractivity contribution >= 4 is 16.1 Å². The Bertz CT molecular complexity index is 564. The summed E-state index contributed by atoms with van der Waals surface area (Å²) in [5.74, 6) is 0.0614. The molecule has 0 unspecified atom stereocenters. The second-order valence-corrected chi connectivity index (χ2v) is 7.54. The van der Waals surface area contributed by atoms with E-state index in [9.17, 15) is 13.2 Å². The number of nitrogens with zero attached hydrogens (tertiary/aromatic N) is 2. The van der Waals surface area contributed by atoms with Gasteiger partial charge in [-0.3, -0.25) is 9.48 Å². The molecular weight excluding hydrogens is 240 g/mol. The molecule has 0 amide bonds. The van der Waals surface area contributed by atoms with Crippen molar-refractivity contribution in [1.29, 1.82) is 0 Å². The average Bonchev–Trinajstić information content (AvgIpc) is 2.53.